The molecule has 1 aliphatic heterocycles. The van der Waals surface area contributed by atoms with Crippen LogP contribution >= 0.6 is 12.2 Å². The lowest BCUT2D eigenvalue weighted by Crippen LogP contribution is -2.33. The Bertz CT molecular complexity index is 535. The van der Waals surface area contributed by atoms with Crippen LogP contribution in [0.15, 0.2) is 30.3 Å². The highest BCUT2D eigenvalue weighted by Gasteiger charge is 2.34. The quantitative estimate of drug-likeness (QED) is 0.534. The van der Waals surface area contributed by atoms with Crippen molar-refractivity contribution >= 4 is 29.3 Å². The zero-order valence-electron chi connectivity index (χ0n) is 11.5. The number of thiocarbonyl (C=S) groups is 1. The summed E-state index contributed by atoms with van der Waals surface area (Å²) < 4.78 is 0. The van der Waals surface area contributed by atoms with Crippen molar-refractivity contribution < 1.29 is 9.59 Å². The first-order chi connectivity index (χ1) is 10.1. The number of benzene rings is 1. The molecular weight excluding hydrogens is 288 g/mol. The van der Waals surface area contributed by atoms with Gasteiger partial charge in [-0.15, -0.1) is 0 Å². The third-order valence-electron chi connectivity index (χ3n) is 3.26. The molecule has 4 N–H and O–H groups in total. The molecule has 7 heteroatoms. The first kappa shape index (κ1) is 15.2. The van der Waals surface area contributed by atoms with E-state index in [0.717, 1.165) is 5.56 Å². The number of nitrogens with one attached hydrogen (secondary N) is 2. The normalized spacial score (nSPS) is 17.7. The van der Waals surface area contributed by atoms with E-state index < -0.39 is 6.03 Å². The summed E-state index contributed by atoms with van der Waals surface area (Å²) in [5, 5.41) is 5.98. The van der Waals surface area contributed by atoms with Gasteiger partial charge in [0.25, 0.3) is 5.91 Å². The lowest BCUT2D eigenvalue weighted by atomic mass is 10.1. The molecule has 0 saturated carbocycles. The Labute approximate surface area is 128 Å². The van der Waals surface area contributed by atoms with E-state index >= 15 is 0 Å². The fourth-order valence-electron chi connectivity index (χ4n) is 2.21. The zero-order chi connectivity index (χ0) is 15.2. The second-order valence-corrected chi connectivity index (χ2v) is 5.23. The molecule has 1 aromatic rings. The molecule has 6 nitrogen and oxygen atoms in total. The first-order valence-electron chi connectivity index (χ1n) is 6.77. The van der Waals surface area contributed by atoms with Crippen LogP contribution in [0, 0.1) is 0 Å². The summed E-state index contributed by atoms with van der Waals surface area (Å²) in [6, 6.07) is 8.83. The molecule has 1 aromatic carbocycles. The number of nitrogens with two attached hydrogens (primary N) is 1. The standard InChI is InChI=1S/C14H18N4O2S/c15-13(20)16-8-4-7-11-12(19)18(14(21)17-11)9-10-5-2-1-3-6-10/h1-3,5-6,11H,4,7-9H2,(H,17,21)(H3,15,16,20). The lowest BCUT2D eigenvalue weighted by Gasteiger charge is -2.14. The smallest absolute Gasteiger partial charge is 0.312 e. The van der Waals surface area contributed by atoms with Crippen LogP contribution in [0.25, 0.3) is 0 Å². The average Bonchev–Trinajstić information content (AvgIpc) is 2.72. The minimum atomic E-state index is -0.554. The largest absolute Gasteiger partial charge is 0.352 e. The molecule has 112 valence electrons. The van der Waals surface area contributed by atoms with Crippen LogP contribution in [0.4, 0.5) is 4.79 Å². The molecule has 1 aliphatic rings. The fourth-order valence-corrected chi connectivity index (χ4v) is 2.50. The van der Waals surface area contributed by atoms with Crippen molar-refractivity contribution in [3.05, 3.63) is 35.9 Å². The van der Waals surface area contributed by atoms with Crippen molar-refractivity contribution in [2.24, 2.45) is 5.73 Å². The number of nitrogens with zero attached hydrogens (tertiary/aromatic N) is 1. The van der Waals surface area contributed by atoms with E-state index in [4.69, 9.17) is 18.0 Å². The Morgan fingerprint density at radius 3 is 2.76 bits per heavy atom. The first-order valence-corrected chi connectivity index (χ1v) is 7.18. The molecule has 1 fully saturated rings. The Balaban J connectivity index is 1.86. The van der Waals surface area contributed by atoms with Gasteiger partial charge < -0.3 is 16.4 Å². The predicted molar refractivity (Wildman–Crippen MR) is 83.3 cm³/mol. The van der Waals surface area contributed by atoms with Crippen LogP contribution in [-0.2, 0) is 11.3 Å². The van der Waals surface area contributed by atoms with Crippen LogP contribution in [-0.4, -0.2) is 34.5 Å². The monoisotopic (exact) mass is 306 g/mol. The number of urea groups is 1. The number of rotatable bonds is 6. The number of hydrogen-bond donors (Lipinski definition) is 3. The van der Waals surface area contributed by atoms with Crippen LogP contribution in [0.1, 0.15) is 18.4 Å². The Hall–Kier alpha value is -2.15. The summed E-state index contributed by atoms with van der Waals surface area (Å²) >= 11 is 5.22. The molecule has 3 amide bonds. The van der Waals surface area contributed by atoms with Crippen molar-refractivity contribution in [1.29, 1.82) is 0 Å². The van der Waals surface area contributed by atoms with Gasteiger partial charge in [0.2, 0.25) is 0 Å². The lowest BCUT2D eigenvalue weighted by molar-refractivity contribution is -0.127. The van der Waals surface area contributed by atoms with E-state index in [1.54, 1.807) is 4.90 Å². The maximum absolute atomic E-state index is 12.3. The maximum atomic E-state index is 12.3. The molecule has 2 rings (SSSR count). The number of hydrogen-bond acceptors (Lipinski definition) is 3. The number of amides is 3. The summed E-state index contributed by atoms with van der Waals surface area (Å²) in [5.41, 5.74) is 6.02. The number of carbonyl (C=O) groups is 2. The van der Waals surface area contributed by atoms with Gasteiger partial charge in [-0.2, -0.15) is 0 Å². The molecular formula is C14H18N4O2S. The van der Waals surface area contributed by atoms with Gasteiger partial charge in [-0.1, -0.05) is 30.3 Å². The third-order valence-corrected chi connectivity index (χ3v) is 3.60. The van der Waals surface area contributed by atoms with E-state index in [1.807, 2.05) is 30.3 Å². The molecule has 21 heavy (non-hydrogen) atoms. The molecule has 1 saturated heterocycles. The van der Waals surface area contributed by atoms with E-state index in [0.29, 0.717) is 31.0 Å². The van der Waals surface area contributed by atoms with E-state index in [1.165, 1.54) is 0 Å². The van der Waals surface area contributed by atoms with E-state index in [-0.39, 0.29) is 11.9 Å². The summed E-state index contributed by atoms with van der Waals surface area (Å²) in [4.78, 5) is 24.5. The van der Waals surface area contributed by atoms with Gasteiger partial charge in [-0.25, -0.2) is 4.79 Å². The highest BCUT2D eigenvalue weighted by atomic mass is 32.1. The van der Waals surface area contributed by atoms with Crippen LogP contribution in [0.2, 0.25) is 0 Å². The fraction of sp³-hybridized carbons (Fsp3) is 0.357. The van der Waals surface area contributed by atoms with Crippen LogP contribution < -0.4 is 16.4 Å². The number of carbonyl (C=O) groups excluding carboxylic acids is 2. The summed E-state index contributed by atoms with van der Waals surface area (Å²) in [6.45, 7) is 0.924. The van der Waals surface area contributed by atoms with Gasteiger partial charge in [0.05, 0.1) is 6.54 Å². The van der Waals surface area contributed by atoms with Gasteiger partial charge in [-0.05, 0) is 30.6 Å². The summed E-state index contributed by atoms with van der Waals surface area (Å²) in [6.07, 6.45) is 1.26. The van der Waals surface area contributed by atoms with Crippen molar-refractivity contribution in [2.75, 3.05) is 6.54 Å². The highest BCUT2D eigenvalue weighted by molar-refractivity contribution is 7.80. The topological polar surface area (TPSA) is 87.5 Å². The Kier molecular flexibility index (Phi) is 5.10. The molecule has 0 aromatic heterocycles. The second-order valence-electron chi connectivity index (χ2n) is 4.85. The van der Waals surface area contributed by atoms with Gasteiger partial charge in [-0.3, -0.25) is 9.69 Å². The molecule has 1 heterocycles. The van der Waals surface area contributed by atoms with Crippen molar-refractivity contribution in [3.8, 4) is 0 Å². The summed E-state index contributed by atoms with van der Waals surface area (Å²) in [5.74, 6) is -0.0251. The van der Waals surface area contributed by atoms with Crippen molar-refractivity contribution in [3.63, 3.8) is 0 Å². The molecule has 0 radical (unpaired) electrons. The number of primary amides is 1. The second kappa shape index (κ2) is 7.03. The zero-order valence-corrected chi connectivity index (χ0v) is 12.4. The van der Waals surface area contributed by atoms with E-state index in [2.05, 4.69) is 10.6 Å². The molecule has 0 spiro atoms. The van der Waals surface area contributed by atoms with Gasteiger partial charge >= 0.3 is 6.03 Å². The minimum absolute atomic E-state index is 0.0251. The van der Waals surface area contributed by atoms with Crippen molar-refractivity contribution in [2.45, 2.75) is 25.4 Å². The SMILES string of the molecule is NC(=O)NCCCC1NC(=S)N(Cc2ccccc2)C1=O. The minimum Gasteiger partial charge on any atom is -0.352 e. The van der Waals surface area contributed by atoms with Gasteiger partial charge in [0.15, 0.2) is 5.11 Å². The van der Waals surface area contributed by atoms with Gasteiger partial charge in [0.1, 0.15) is 6.04 Å². The van der Waals surface area contributed by atoms with Crippen LogP contribution in [0.5, 0.6) is 0 Å². The molecule has 1 unspecified atom stereocenters. The predicted octanol–water partition coefficient (Wildman–Crippen LogP) is 0.720. The Morgan fingerprint density at radius 2 is 2.10 bits per heavy atom. The average molecular weight is 306 g/mol. The van der Waals surface area contributed by atoms with Gasteiger partial charge in [0, 0.05) is 6.54 Å². The highest BCUT2D eigenvalue weighted by Crippen LogP contribution is 2.15. The van der Waals surface area contributed by atoms with E-state index in [9.17, 15) is 9.59 Å². The molecule has 1 atom stereocenters. The third kappa shape index (κ3) is 4.16. The molecule has 0 bridgehead atoms. The molecule has 0 aliphatic carbocycles. The maximum Gasteiger partial charge on any atom is 0.312 e. The summed E-state index contributed by atoms with van der Waals surface area (Å²) in [7, 11) is 0. The Morgan fingerprint density at radius 1 is 1.38 bits per heavy atom. The van der Waals surface area contributed by atoms with Crippen molar-refractivity contribution in [1.82, 2.24) is 15.5 Å². The van der Waals surface area contributed by atoms with Crippen LogP contribution in [0.3, 0.4) is 0 Å².